The van der Waals surface area contributed by atoms with Crippen molar-refractivity contribution in [2.24, 2.45) is 22.2 Å². The van der Waals surface area contributed by atoms with Crippen molar-refractivity contribution in [1.82, 2.24) is 63.1 Å². The van der Waals surface area contributed by atoms with Crippen LogP contribution in [0.25, 0.3) is 10.9 Å². The number of aromatic amines is 1. The molecule has 10 atom stereocenters. The molecule has 20 N–H and O–H groups in total. The Bertz CT molecular complexity index is 3500. The molecule has 1 aromatic heterocycles. The number of benzene rings is 2. The van der Waals surface area contributed by atoms with Crippen molar-refractivity contribution in [1.29, 1.82) is 0 Å². The Morgan fingerprint density at radius 3 is 1.95 bits per heavy atom. The number of carbonyl (C=O) groups excluding carboxylic acids is 12. The molecule has 5 rings (SSSR count). The van der Waals surface area contributed by atoms with Crippen molar-refractivity contribution in [3.05, 3.63) is 71.9 Å². The molecule has 2 aromatic carbocycles. The van der Waals surface area contributed by atoms with E-state index < -0.39 is 170 Å². The minimum Gasteiger partial charge on any atom is -0.481 e. The maximum Gasteiger partial charge on any atom is 0.320 e. The normalized spacial score (nSPS) is 19.9. The van der Waals surface area contributed by atoms with Gasteiger partial charge < -0.3 is 99.7 Å². The van der Waals surface area contributed by atoms with Crippen LogP contribution in [0.5, 0.6) is 0 Å². The monoisotopic (exact) mass is 1570 g/mol. The van der Waals surface area contributed by atoms with Crippen molar-refractivity contribution >= 4 is 93.8 Å². The molecule has 11 amide bonds. The summed E-state index contributed by atoms with van der Waals surface area (Å²) < 4.78 is 10.7. The molecule has 0 radical (unpaired) electrons. The van der Waals surface area contributed by atoms with E-state index in [1.165, 1.54) is 64.2 Å². The number of unbranched alkanes of at least 4 members (excludes halogenated alkanes) is 13. The summed E-state index contributed by atoms with van der Waals surface area (Å²) in [5.74, 6) is -11.6. The van der Waals surface area contributed by atoms with Gasteiger partial charge in [0.25, 0.3) is 0 Å². The van der Waals surface area contributed by atoms with Gasteiger partial charge in [0.05, 0.1) is 38.5 Å². The number of primary amides is 1. The summed E-state index contributed by atoms with van der Waals surface area (Å²) in [5, 5.41) is 59.0. The number of nitrogens with two attached hydrogens (primary N) is 3. The van der Waals surface area contributed by atoms with Gasteiger partial charge in [0.15, 0.2) is 5.96 Å². The minimum atomic E-state index is -1.78. The Morgan fingerprint density at radius 2 is 1.27 bits per heavy atom. The van der Waals surface area contributed by atoms with E-state index in [-0.39, 0.29) is 122 Å². The number of rotatable bonds is 45. The predicted octanol–water partition coefficient (Wildman–Crippen LogP) is 1.09. The van der Waals surface area contributed by atoms with Crippen LogP contribution in [0, 0.1) is 0 Å². The fourth-order valence-electron chi connectivity index (χ4n) is 13.3. The van der Waals surface area contributed by atoms with Crippen molar-refractivity contribution in [2.75, 3.05) is 59.2 Å². The van der Waals surface area contributed by atoms with Crippen LogP contribution in [0.3, 0.4) is 0 Å². The third kappa shape index (κ3) is 34.9. The summed E-state index contributed by atoms with van der Waals surface area (Å²) >= 11 is 0. The lowest BCUT2D eigenvalue weighted by molar-refractivity contribution is -0.145. The van der Waals surface area contributed by atoms with Gasteiger partial charge in [0.1, 0.15) is 54.9 Å². The maximum atomic E-state index is 15.2. The average Bonchev–Trinajstić information content (AvgIpc) is 1.61. The summed E-state index contributed by atoms with van der Waals surface area (Å²) in [6.07, 6.45) is 14.9. The number of hydrogen-bond acceptors (Lipinski definition) is 19. The molecule has 34 nitrogen and oxygen atoms in total. The third-order valence-corrected chi connectivity index (χ3v) is 19.6. The van der Waals surface area contributed by atoms with E-state index in [9.17, 15) is 72.9 Å². The zero-order valence-electron chi connectivity index (χ0n) is 65.0. The standard InChI is InChI=1S/C78H122N16O18/c1-3-5-7-8-9-10-11-12-13-14-15-16-20-33-64(97)83-41-43-111-44-45-112-67(101)49-86-56(35-37-66(99)100)70(103)93-62(50-95)75(108)89-57(29-6-4-2)71(104)90-59-34-36-65(98)82-39-24-23-31-55(69(79)102)87-74(107)61(47-52-48-85-54-30-22-21-28-53(52)54)91-72(105)58(32-25-40-84-78(80)81)88-73(106)60(46-51-26-18-17-19-27-51)92-76(109)68-63(96)38-42-94(68)77(59)110/h17-19,21-22,26-28,30,48,55-63,68,85-86,95-96H,3-16,20,23-25,29,31-47,49-50H2,1-2H3,(H2,79,102)(H,82,98)(H,83,97)(H,87,107)(H,88,106)(H,89,108)(H,90,104)(H,91,105)(H,92,109)(H,93,103)(H,99,100)(H4,80,81,84)/t55-,56-,57-,58-,59-,60+,61-,62-,63-,68-/m0/s1. The second kappa shape index (κ2) is 52.4. The molecule has 3 aromatic rings. The third-order valence-electron chi connectivity index (χ3n) is 19.6. The molecule has 622 valence electrons. The first-order valence-electron chi connectivity index (χ1n) is 39.8. The fraction of sp³-hybridized carbons (Fsp3) is 0.641. The number of aliphatic hydroxyl groups is 2. The van der Waals surface area contributed by atoms with E-state index in [4.69, 9.17) is 26.7 Å². The van der Waals surface area contributed by atoms with E-state index in [0.29, 0.717) is 24.0 Å². The van der Waals surface area contributed by atoms with E-state index in [1.54, 1.807) is 49.5 Å². The number of H-pyrrole nitrogens is 1. The van der Waals surface area contributed by atoms with Gasteiger partial charge in [0.2, 0.25) is 65.0 Å². The number of ether oxygens (including phenoxy) is 2. The predicted molar refractivity (Wildman–Crippen MR) is 417 cm³/mol. The summed E-state index contributed by atoms with van der Waals surface area (Å²) in [7, 11) is 0. The largest absolute Gasteiger partial charge is 0.481 e. The molecule has 112 heavy (non-hydrogen) atoms. The Morgan fingerprint density at radius 1 is 0.643 bits per heavy atom. The van der Waals surface area contributed by atoms with Gasteiger partial charge in [0, 0.05) is 75.4 Å². The summed E-state index contributed by atoms with van der Waals surface area (Å²) in [5.41, 5.74) is 19.0. The fourth-order valence-corrected chi connectivity index (χ4v) is 13.3. The number of carboxylic acid groups (broad SMARTS) is 1. The number of nitrogens with zero attached hydrogens (tertiary/aromatic N) is 2. The Balaban J connectivity index is 1.28. The quantitative estimate of drug-likeness (QED) is 0.0163. The summed E-state index contributed by atoms with van der Waals surface area (Å²) in [4.78, 5) is 189. The number of aromatic nitrogens is 1. The number of aliphatic carboxylic acids is 1. The average molecular weight is 1570 g/mol. The van der Waals surface area contributed by atoms with Gasteiger partial charge in [-0.1, -0.05) is 152 Å². The van der Waals surface area contributed by atoms with Crippen molar-refractivity contribution < 1.29 is 87.1 Å². The van der Waals surface area contributed by atoms with Crippen molar-refractivity contribution in [3.8, 4) is 0 Å². The van der Waals surface area contributed by atoms with E-state index in [0.717, 1.165) is 35.1 Å². The number of carbonyl (C=O) groups is 13. The lowest BCUT2D eigenvalue weighted by atomic mass is 10.0. The van der Waals surface area contributed by atoms with Crippen LogP contribution >= 0.6 is 0 Å². The van der Waals surface area contributed by atoms with E-state index in [2.05, 4.69) is 70.1 Å². The molecular formula is C78H122N16O18. The minimum absolute atomic E-state index is 0.00336. The Kier molecular flexibility index (Phi) is 43.4. The molecule has 0 aliphatic carbocycles. The van der Waals surface area contributed by atoms with Gasteiger partial charge in [-0.3, -0.25) is 72.6 Å². The van der Waals surface area contributed by atoms with Gasteiger partial charge in [-0.05, 0) is 81.4 Å². The zero-order valence-corrected chi connectivity index (χ0v) is 65.0. The summed E-state index contributed by atoms with van der Waals surface area (Å²) in [6, 6.07) is 1.93. The number of amides is 11. The molecular weight excluding hydrogens is 1450 g/mol. The van der Waals surface area contributed by atoms with Gasteiger partial charge in [-0.15, -0.1) is 0 Å². The highest BCUT2D eigenvalue weighted by molar-refractivity contribution is 5.99. The van der Waals surface area contributed by atoms with Crippen LogP contribution in [0.2, 0.25) is 0 Å². The zero-order chi connectivity index (χ0) is 81.6. The number of nitrogens with one attached hydrogen (secondary N) is 11. The smallest absolute Gasteiger partial charge is 0.320 e. The van der Waals surface area contributed by atoms with Crippen LogP contribution in [-0.4, -0.2) is 228 Å². The van der Waals surface area contributed by atoms with Crippen LogP contribution in [0.4, 0.5) is 0 Å². The summed E-state index contributed by atoms with van der Waals surface area (Å²) in [6.45, 7) is 2.29. The molecule has 0 bridgehead atoms. The van der Waals surface area contributed by atoms with Crippen molar-refractivity contribution in [2.45, 2.75) is 261 Å². The number of carboxylic acids is 1. The highest BCUT2D eigenvalue weighted by Gasteiger charge is 2.45. The number of aliphatic imine (C=N–C) groups is 1. The molecule has 0 unspecified atom stereocenters. The SMILES string of the molecule is CCCCCCCCCCCCCCCC(=O)NCCOCCOC(=O)CN[C@@H](CCC(=O)O)C(=O)N[C@@H](CO)C(=O)N[C@@H](CCCC)C(=O)N[C@H]1CCC(=O)NCCCC[C@@H](C(N)=O)NC(=O)[C@H](Cc2c[nH]c3ccccc23)NC(=O)[C@H](CCCN=C(N)N)NC(=O)[C@@H](Cc2ccccc2)NC(=O)[C@@H]2[C@@H](O)CCN2C1=O. The number of para-hydroxylation sites is 1. The highest BCUT2D eigenvalue weighted by Crippen LogP contribution is 2.24. The number of guanidine groups is 1. The number of aliphatic hydroxyl groups excluding tert-OH is 2. The number of hydrogen-bond donors (Lipinski definition) is 17. The van der Waals surface area contributed by atoms with Gasteiger partial charge >= 0.3 is 11.9 Å². The molecule has 2 aliphatic heterocycles. The second-order valence-corrected chi connectivity index (χ2v) is 28.6. The first-order chi connectivity index (χ1) is 53.9. The van der Waals surface area contributed by atoms with Crippen molar-refractivity contribution in [3.63, 3.8) is 0 Å². The number of esters is 1. The Hall–Kier alpha value is -9.80. The lowest BCUT2D eigenvalue weighted by Crippen LogP contribution is -2.61. The molecule has 0 saturated carbocycles. The molecule has 0 spiro atoms. The maximum absolute atomic E-state index is 15.2. The van der Waals surface area contributed by atoms with Crippen LogP contribution in [-0.2, 0) is 84.6 Å². The van der Waals surface area contributed by atoms with Crippen LogP contribution in [0.15, 0.2) is 65.8 Å². The Labute approximate surface area is 655 Å². The first-order valence-corrected chi connectivity index (χ1v) is 39.8. The molecule has 2 fully saturated rings. The van der Waals surface area contributed by atoms with Gasteiger partial charge in [-0.25, -0.2) is 0 Å². The lowest BCUT2D eigenvalue weighted by Gasteiger charge is -2.32. The first kappa shape index (κ1) is 92.8. The van der Waals surface area contributed by atoms with Crippen LogP contribution in [0.1, 0.15) is 198 Å². The van der Waals surface area contributed by atoms with Crippen LogP contribution < -0.4 is 70.4 Å². The van der Waals surface area contributed by atoms with E-state index >= 15 is 4.79 Å². The second-order valence-electron chi connectivity index (χ2n) is 28.6. The molecule has 3 heterocycles. The van der Waals surface area contributed by atoms with Gasteiger partial charge in [-0.2, -0.15) is 0 Å². The molecule has 34 heteroatoms. The number of fused-ring (bicyclic) bond motifs is 2. The molecule has 2 aliphatic rings. The highest BCUT2D eigenvalue weighted by atomic mass is 16.6. The topological polar surface area (TPSA) is 531 Å². The van der Waals surface area contributed by atoms with E-state index in [1.807, 2.05) is 18.2 Å². The molecule has 2 saturated heterocycles.